The lowest BCUT2D eigenvalue weighted by Crippen LogP contribution is -2.43. The van der Waals surface area contributed by atoms with Crippen molar-refractivity contribution in [1.29, 1.82) is 0 Å². The molecule has 0 amide bonds. The van der Waals surface area contributed by atoms with Crippen molar-refractivity contribution in [2.45, 2.75) is 48.5 Å². The summed E-state index contributed by atoms with van der Waals surface area (Å²) < 4.78 is 58.5. The minimum Gasteiger partial charge on any atom is -0.508 e. The first kappa shape index (κ1) is 28.7. The molecule has 4 aliphatic heterocycles. The lowest BCUT2D eigenvalue weighted by Gasteiger charge is -2.31. The maximum absolute atomic E-state index is 16.9. The topological polar surface area (TPSA) is 83.8 Å². The van der Waals surface area contributed by atoms with Crippen molar-refractivity contribution in [3.8, 4) is 35.4 Å². The van der Waals surface area contributed by atoms with Crippen LogP contribution >= 0.6 is 11.8 Å². The number of hydrogen-bond acceptors (Lipinski definition) is 9. The third-order valence-electron chi connectivity index (χ3n) is 9.52. The Balaban J connectivity index is 1.33. The standard InChI is InChI=1S/C33H30F3N5O3S/c1-2-22-24(35)6-5-18-11-21(42)12-23(25(18)22)28-27(36)29-26-30(41-9-4-10-43-15-20(41)16-45-31(26)37-28)39-32(38-29)44-17-33-7-3-8-40(33)14-19(34)13-33/h1,5-6,11-12,19-20,42H,3-4,7-10,13-17H2/t19-,20+,33+/m1/s1. The molecule has 0 unspecified atom stereocenters. The van der Waals surface area contributed by atoms with Gasteiger partial charge in [-0.1, -0.05) is 12.0 Å². The molecule has 8 rings (SSSR count). The first-order chi connectivity index (χ1) is 21.8. The molecule has 4 aromatic rings. The summed E-state index contributed by atoms with van der Waals surface area (Å²) in [7, 11) is 0. The second kappa shape index (κ2) is 10.9. The number of rotatable bonds is 4. The van der Waals surface area contributed by atoms with E-state index in [9.17, 15) is 13.9 Å². The van der Waals surface area contributed by atoms with Crippen molar-refractivity contribution in [1.82, 2.24) is 19.9 Å². The van der Waals surface area contributed by atoms with E-state index in [4.69, 9.17) is 25.9 Å². The van der Waals surface area contributed by atoms with E-state index >= 15 is 4.39 Å². The molecule has 3 fully saturated rings. The first-order valence-corrected chi connectivity index (χ1v) is 16.2. The van der Waals surface area contributed by atoms with Crippen LogP contribution in [0.1, 0.15) is 31.2 Å². The molecule has 0 bridgehead atoms. The van der Waals surface area contributed by atoms with Gasteiger partial charge in [0, 0.05) is 42.8 Å². The molecule has 0 radical (unpaired) electrons. The van der Waals surface area contributed by atoms with Gasteiger partial charge in [0.2, 0.25) is 0 Å². The van der Waals surface area contributed by atoms with E-state index < -0.39 is 23.3 Å². The van der Waals surface area contributed by atoms with E-state index in [1.165, 1.54) is 36.0 Å². The Morgan fingerprint density at radius 1 is 1.16 bits per heavy atom. The van der Waals surface area contributed by atoms with Crippen molar-refractivity contribution >= 4 is 39.3 Å². The van der Waals surface area contributed by atoms with Crippen LogP contribution in [0.15, 0.2) is 29.3 Å². The van der Waals surface area contributed by atoms with Crippen LogP contribution in [0.25, 0.3) is 32.9 Å². The summed E-state index contributed by atoms with van der Waals surface area (Å²) in [6.07, 6.45) is 7.69. The van der Waals surface area contributed by atoms with Crippen LogP contribution in [-0.2, 0) is 4.74 Å². The largest absolute Gasteiger partial charge is 0.508 e. The minimum atomic E-state index is -0.922. The van der Waals surface area contributed by atoms with Gasteiger partial charge in [-0.05, 0) is 49.4 Å². The number of hydrogen-bond donors (Lipinski definition) is 1. The van der Waals surface area contributed by atoms with Gasteiger partial charge in [0.1, 0.15) is 46.4 Å². The lowest BCUT2D eigenvalue weighted by atomic mass is 9.95. The molecule has 8 nitrogen and oxygen atoms in total. The zero-order valence-electron chi connectivity index (χ0n) is 24.4. The zero-order chi connectivity index (χ0) is 30.9. The SMILES string of the molecule is C#Cc1c(F)ccc2cc(O)cc(-c3nc4c5c(nc(OC[C@@]67CCCN6C[C@H](F)C7)nc5c3F)N3CCCOC[C@H]3CS4)c12. The second-order valence-corrected chi connectivity index (χ2v) is 13.3. The molecule has 2 aromatic carbocycles. The number of halogens is 3. The number of aromatic hydroxyl groups is 1. The summed E-state index contributed by atoms with van der Waals surface area (Å²) >= 11 is 1.44. The Morgan fingerprint density at radius 3 is 2.91 bits per heavy atom. The van der Waals surface area contributed by atoms with Crippen LogP contribution in [0, 0.1) is 24.0 Å². The molecular weight excluding hydrogens is 603 g/mol. The minimum absolute atomic E-state index is 0.000892. The van der Waals surface area contributed by atoms with Crippen molar-refractivity contribution in [3.05, 3.63) is 41.5 Å². The van der Waals surface area contributed by atoms with Crippen molar-refractivity contribution in [2.24, 2.45) is 0 Å². The molecule has 45 heavy (non-hydrogen) atoms. The number of ether oxygens (including phenoxy) is 2. The van der Waals surface area contributed by atoms with Gasteiger partial charge in [0.15, 0.2) is 5.82 Å². The van der Waals surface area contributed by atoms with Crippen molar-refractivity contribution in [2.75, 3.05) is 50.1 Å². The quantitative estimate of drug-likeness (QED) is 0.295. The Hall–Kier alpha value is -3.79. The highest BCUT2D eigenvalue weighted by molar-refractivity contribution is 7.99. The van der Waals surface area contributed by atoms with Gasteiger partial charge in [-0.15, -0.1) is 18.2 Å². The number of nitrogens with zero attached hydrogens (tertiary/aromatic N) is 5. The number of anilines is 1. The number of phenols is 1. The van der Waals surface area contributed by atoms with Crippen molar-refractivity contribution < 1.29 is 27.8 Å². The van der Waals surface area contributed by atoms with Gasteiger partial charge < -0.3 is 19.5 Å². The summed E-state index contributed by atoms with van der Waals surface area (Å²) in [5.41, 5.74) is -0.459. The molecule has 6 heterocycles. The third-order valence-corrected chi connectivity index (χ3v) is 10.6. The predicted molar refractivity (Wildman–Crippen MR) is 166 cm³/mol. The van der Waals surface area contributed by atoms with Gasteiger partial charge in [-0.25, -0.2) is 18.2 Å². The maximum atomic E-state index is 16.9. The number of aromatic nitrogens is 3. The molecule has 232 valence electrons. The number of alkyl halides is 1. The monoisotopic (exact) mass is 633 g/mol. The molecule has 3 atom stereocenters. The molecule has 1 N–H and O–H groups in total. The average Bonchev–Trinajstić information content (AvgIpc) is 3.38. The van der Waals surface area contributed by atoms with Crippen LogP contribution in [0.2, 0.25) is 0 Å². The smallest absolute Gasteiger partial charge is 0.319 e. The van der Waals surface area contributed by atoms with Gasteiger partial charge in [0.25, 0.3) is 0 Å². The molecule has 0 saturated carbocycles. The molecule has 2 aromatic heterocycles. The fourth-order valence-corrected chi connectivity index (χ4v) is 8.59. The zero-order valence-corrected chi connectivity index (χ0v) is 25.2. The fourth-order valence-electron chi connectivity index (χ4n) is 7.48. The van der Waals surface area contributed by atoms with E-state index in [1.54, 1.807) is 0 Å². The van der Waals surface area contributed by atoms with Crippen LogP contribution in [0.5, 0.6) is 11.8 Å². The normalized spacial score (nSPS) is 24.7. The number of terminal acetylenes is 1. The summed E-state index contributed by atoms with van der Waals surface area (Å²) in [5, 5.41) is 12.3. The van der Waals surface area contributed by atoms with Gasteiger partial charge in [-0.3, -0.25) is 4.90 Å². The van der Waals surface area contributed by atoms with Gasteiger partial charge >= 0.3 is 6.01 Å². The highest BCUT2D eigenvalue weighted by Gasteiger charge is 2.49. The molecule has 12 heteroatoms. The Bertz CT molecular complexity index is 1900. The molecule has 0 spiro atoms. The fraction of sp³-hybridized carbons (Fsp3) is 0.424. The average molecular weight is 634 g/mol. The van der Waals surface area contributed by atoms with Crippen molar-refractivity contribution in [3.63, 3.8) is 0 Å². The number of thioether (sulfide) groups is 1. The third kappa shape index (κ3) is 4.66. The van der Waals surface area contributed by atoms with Crippen LogP contribution < -0.4 is 9.64 Å². The number of fused-ring (bicyclic) bond motifs is 4. The van der Waals surface area contributed by atoms with Crippen LogP contribution in [0.3, 0.4) is 0 Å². The molecule has 3 saturated heterocycles. The van der Waals surface area contributed by atoms with Gasteiger partial charge in [0.05, 0.1) is 29.1 Å². The summed E-state index contributed by atoms with van der Waals surface area (Å²) in [4.78, 5) is 18.5. The first-order valence-electron chi connectivity index (χ1n) is 15.2. The van der Waals surface area contributed by atoms with Crippen LogP contribution in [0.4, 0.5) is 19.0 Å². The molecule has 0 aliphatic carbocycles. The Labute approximate surface area is 261 Å². The number of benzene rings is 2. The number of pyridine rings is 1. The summed E-state index contributed by atoms with van der Waals surface area (Å²) in [6, 6.07) is 5.44. The Kier molecular flexibility index (Phi) is 6.96. The van der Waals surface area contributed by atoms with E-state index in [0.29, 0.717) is 60.1 Å². The lowest BCUT2D eigenvalue weighted by molar-refractivity contribution is 0.107. The van der Waals surface area contributed by atoms with E-state index in [0.717, 1.165) is 25.8 Å². The van der Waals surface area contributed by atoms with Gasteiger partial charge in [-0.2, -0.15) is 9.97 Å². The maximum Gasteiger partial charge on any atom is 0.319 e. The Morgan fingerprint density at radius 2 is 2.04 bits per heavy atom. The number of phenolic OH excluding ortho intramolecular Hbond substituents is 1. The highest BCUT2D eigenvalue weighted by Crippen LogP contribution is 2.45. The van der Waals surface area contributed by atoms with E-state index in [-0.39, 0.29) is 52.1 Å². The summed E-state index contributed by atoms with van der Waals surface area (Å²) in [6.45, 7) is 3.10. The second-order valence-electron chi connectivity index (χ2n) is 12.2. The predicted octanol–water partition coefficient (Wildman–Crippen LogP) is 5.47. The molecule has 4 aliphatic rings. The highest BCUT2D eigenvalue weighted by atomic mass is 32.2. The van der Waals surface area contributed by atoms with E-state index in [1.807, 2.05) is 0 Å². The summed E-state index contributed by atoms with van der Waals surface area (Å²) in [5.74, 6) is 1.95. The molecular formula is C33H30F3N5O3S. The van der Waals surface area contributed by atoms with E-state index in [2.05, 4.69) is 20.7 Å². The van der Waals surface area contributed by atoms with Crippen LogP contribution in [-0.4, -0.2) is 87.9 Å².